The van der Waals surface area contributed by atoms with Crippen LogP contribution in [0.15, 0.2) is 0 Å². The molecule has 2 rings (SSSR count). The third-order valence-electron chi connectivity index (χ3n) is 2.57. The fourth-order valence-electron chi connectivity index (χ4n) is 1.89. The van der Waals surface area contributed by atoms with Crippen LogP contribution in [-0.4, -0.2) is 10.1 Å². The van der Waals surface area contributed by atoms with E-state index in [2.05, 4.69) is 4.98 Å². The van der Waals surface area contributed by atoms with E-state index in [1.54, 1.807) is 0 Å². The Morgan fingerprint density at radius 1 is 1.36 bits per heavy atom. The number of halogens is 1. The van der Waals surface area contributed by atoms with Gasteiger partial charge in [0.25, 0.3) is 0 Å². The summed E-state index contributed by atoms with van der Waals surface area (Å²) in [6, 6.07) is -0.418. The molecule has 0 amide bonds. The lowest BCUT2D eigenvalue weighted by Gasteiger charge is -2.17. The van der Waals surface area contributed by atoms with Crippen LogP contribution >= 0.6 is 12.4 Å². The van der Waals surface area contributed by atoms with Crippen molar-refractivity contribution >= 4 is 12.4 Å². The zero-order valence-electron chi connectivity index (χ0n) is 7.99. The van der Waals surface area contributed by atoms with Crippen LogP contribution in [0.5, 0.6) is 6.01 Å². The van der Waals surface area contributed by atoms with E-state index in [9.17, 15) is 10.3 Å². The van der Waals surface area contributed by atoms with E-state index in [4.69, 9.17) is 0 Å². The van der Waals surface area contributed by atoms with Crippen LogP contribution in [-0.2, 0) is 12.8 Å². The molecule has 0 fully saturated rings. The van der Waals surface area contributed by atoms with E-state index in [0.29, 0.717) is 10.4 Å². The van der Waals surface area contributed by atoms with E-state index < -0.39 is 6.01 Å². The van der Waals surface area contributed by atoms with Gasteiger partial charge in [0.15, 0.2) is 5.69 Å². The number of hydrogen-bond acceptors (Lipinski definition) is 3. The Morgan fingerprint density at radius 2 is 2.00 bits per heavy atom. The molecule has 0 aliphatic heterocycles. The predicted molar refractivity (Wildman–Crippen MR) is 53.5 cm³/mol. The maximum atomic E-state index is 11.4. The third kappa shape index (κ3) is 1.62. The largest absolute Gasteiger partial charge is 0.708 e. The molecule has 78 valence electrons. The average Bonchev–Trinajstić information content (AvgIpc) is 2.15. The lowest BCUT2D eigenvalue weighted by molar-refractivity contribution is -0.626. The number of rotatable bonds is 0. The van der Waals surface area contributed by atoms with E-state index in [1.165, 1.54) is 0 Å². The molecule has 0 bridgehead atoms. The molecule has 0 radical (unpaired) electrons. The first kappa shape index (κ1) is 11.0. The smallest absolute Gasteiger partial charge is 0.499 e. The van der Waals surface area contributed by atoms with Gasteiger partial charge in [0, 0.05) is 18.9 Å². The number of nitrogens with zero attached hydrogens (tertiary/aromatic N) is 2. The van der Waals surface area contributed by atoms with Crippen LogP contribution in [0.1, 0.15) is 29.8 Å². The first-order valence-corrected chi connectivity index (χ1v) is 4.51. The molecule has 0 unspecified atom stereocenters. The second-order valence-electron chi connectivity index (χ2n) is 3.42. The maximum Gasteiger partial charge on any atom is 0.499 e. The highest BCUT2D eigenvalue weighted by Gasteiger charge is 2.22. The van der Waals surface area contributed by atoms with Crippen molar-refractivity contribution in [2.45, 2.75) is 32.6 Å². The molecule has 1 aliphatic carbocycles. The molecule has 0 saturated heterocycles. The van der Waals surface area contributed by atoms with Gasteiger partial charge in [-0.3, -0.25) is 0 Å². The van der Waals surface area contributed by atoms with Crippen molar-refractivity contribution in [3.63, 3.8) is 0 Å². The van der Waals surface area contributed by atoms with Gasteiger partial charge in [-0.15, -0.1) is 12.4 Å². The van der Waals surface area contributed by atoms with E-state index >= 15 is 0 Å². The molecule has 0 saturated carbocycles. The van der Waals surface area contributed by atoms with E-state index in [0.717, 1.165) is 36.9 Å². The van der Waals surface area contributed by atoms with Gasteiger partial charge < -0.3 is 10.3 Å². The maximum absolute atomic E-state index is 11.4. The van der Waals surface area contributed by atoms with Crippen molar-refractivity contribution in [1.82, 2.24) is 4.98 Å². The minimum Gasteiger partial charge on any atom is -0.708 e. The number of aryl methyl sites for hydroxylation is 1. The van der Waals surface area contributed by atoms with Crippen LogP contribution in [0.3, 0.4) is 0 Å². The zero-order valence-corrected chi connectivity index (χ0v) is 8.80. The SMILES string of the molecule is Cc1nc(O)[n+]([O-])c2c1CCCC2.Cl. The topological polar surface area (TPSA) is 60.1 Å². The molecule has 0 aromatic carbocycles. The summed E-state index contributed by atoms with van der Waals surface area (Å²) in [6.45, 7) is 1.84. The fourth-order valence-corrected chi connectivity index (χ4v) is 1.89. The second-order valence-corrected chi connectivity index (χ2v) is 3.42. The highest BCUT2D eigenvalue weighted by molar-refractivity contribution is 5.85. The minimum absolute atomic E-state index is 0. The van der Waals surface area contributed by atoms with E-state index in [-0.39, 0.29) is 12.4 Å². The Balaban J connectivity index is 0.000000980. The first-order valence-electron chi connectivity index (χ1n) is 4.51. The average molecular weight is 217 g/mol. The van der Waals surface area contributed by atoms with Gasteiger partial charge in [-0.1, -0.05) is 0 Å². The molecule has 4 nitrogen and oxygen atoms in total. The summed E-state index contributed by atoms with van der Waals surface area (Å²) >= 11 is 0. The minimum atomic E-state index is -0.418. The van der Waals surface area contributed by atoms with Gasteiger partial charge in [-0.25, -0.2) is 0 Å². The number of fused-ring (bicyclic) bond motifs is 1. The lowest BCUT2D eigenvalue weighted by Crippen LogP contribution is -2.36. The quantitative estimate of drug-likeness (QED) is 0.521. The molecule has 0 spiro atoms. The number of aromatic hydroxyl groups is 1. The van der Waals surface area contributed by atoms with Gasteiger partial charge in [0.1, 0.15) is 5.69 Å². The van der Waals surface area contributed by atoms with Gasteiger partial charge in [-0.05, 0) is 24.2 Å². The van der Waals surface area contributed by atoms with Crippen LogP contribution in [0.4, 0.5) is 0 Å². The summed E-state index contributed by atoms with van der Waals surface area (Å²) in [5, 5.41) is 20.6. The van der Waals surface area contributed by atoms with Gasteiger partial charge in [0.2, 0.25) is 0 Å². The van der Waals surface area contributed by atoms with Gasteiger partial charge >= 0.3 is 6.01 Å². The van der Waals surface area contributed by atoms with E-state index in [1.807, 2.05) is 6.92 Å². The van der Waals surface area contributed by atoms with Crippen molar-refractivity contribution in [1.29, 1.82) is 0 Å². The van der Waals surface area contributed by atoms with Crippen LogP contribution in [0.2, 0.25) is 0 Å². The third-order valence-corrected chi connectivity index (χ3v) is 2.57. The lowest BCUT2D eigenvalue weighted by atomic mass is 9.95. The van der Waals surface area contributed by atoms with Crippen molar-refractivity contribution in [3.8, 4) is 6.01 Å². The Morgan fingerprint density at radius 3 is 2.71 bits per heavy atom. The Labute approximate surface area is 88.6 Å². The molecule has 5 heteroatoms. The fraction of sp³-hybridized carbons (Fsp3) is 0.556. The summed E-state index contributed by atoms with van der Waals surface area (Å²) in [4.78, 5) is 3.79. The Kier molecular flexibility index (Phi) is 3.16. The molecule has 1 aromatic rings. The number of hydrogen-bond donors (Lipinski definition) is 1. The molecule has 1 aliphatic rings. The van der Waals surface area contributed by atoms with Crippen molar-refractivity contribution in [2.24, 2.45) is 0 Å². The van der Waals surface area contributed by atoms with Crippen LogP contribution in [0.25, 0.3) is 0 Å². The standard InChI is InChI=1S/C9H12N2O2.ClH/c1-6-7-4-2-3-5-8(7)11(13)9(12)10-6;/h2-5H2,1H3,(H,10,12);1H. The zero-order chi connectivity index (χ0) is 9.42. The molecule has 1 N–H and O–H groups in total. The molecular weight excluding hydrogens is 204 g/mol. The molecule has 1 aromatic heterocycles. The van der Waals surface area contributed by atoms with Crippen LogP contribution < -0.4 is 4.73 Å². The van der Waals surface area contributed by atoms with Crippen LogP contribution in [0, 0.1) is 12.1 Å². The monoisotopic (exact) mass is 216 g/mol. The second kappa shape index (κ2) is 4.00. The number of aromatic nitrogens is 2. The summed E-state index contributed by atoms with van der Waals surface area (Å²) < 4.78 is 0.557. The predicted octanol–water partition coefficient (Wildman–Crippen LogP) is 1.03. The molecule has 14 heavy (non-hydrogen) atoms. The summed E-state index contributed by atoms with van der Waals surface area (Å²) in [5.74, 6) is 0. The van der Waals surface area contributed by atoms with Crippen molar-refractivity contribution < 1.29 is 9.84 Å². The van der Waals surface area contributed by atoms with Gasteiger partial charge in [-0.2, -0.15) is 4.73 Å². The van der Waals surface area contributed by atoms with Gasteiger partial charge in [0.05, 0.1) is 0 Å². The first-order chi connectivity index (χ1) is 6.20. The molecule has 0 atom stereocenters. The summed E-state index contributed by atoms with van der Waals surface area (Å²) in [6.07, 6.45) is 3.81. The normalized spacial score (nSPS) is 14.4. The Hall–Kier alpha value is -1.03. The molecule has 1 heterocycles. The Bertz CT molecular complexity index is 355. The highest BCUT2D eigenvalue weighted by Crippen LogP contribution is 2.21. The van der Waals surface area contributed by atoms with Crippen molar-refractivity contribution in [2.75, 3.05) is 0 Å². The highest BCUT2D eigenvalue weighted by atomic mass is 35.5. The molecular formula is C9H13ClN2O2. The summed E-state index contributed by atoms with van der Waals surface area (Å²) in [5.41, 5.74) is 2.52. The summed E-state index contributed by atoms with van der Waals surface area (Å²) in [7, 11) is 0. The van der Waals surface area contributed by atoms with Crippen molar-refractivity contribution in [3.05, 3.63) is 22.2 Å².